The van der Waals surface area contributed by atoms with Crippen LogP contribution in [0.2, 0.25) is 5.02 Å². The predicted octanol–water partition coefficient (Wildman–Crippen LogP) is 4.76. The molecule has 22 heavy (non-hydrogen) atoms. The van der Waals surface area contributed by atoms with Crippen molar-refractivity contribution in [1.82, 2.24) is 5.32 Å². The number of rotatable bonds is 4. The smallest absolute Gasteiger partial charge is 0.405 e. The van der Waals surface area contributed by atoms with E-state index in [9.17, 15) is 17.6 Å². The molecule has 0 aliphatic rings. The molecule has 1 N–H and O–H groups in total. The molecule has 0 saturated carbocycles. The molecule has 0 heterocycles. The standard InChI is InChI=1S/C15H12ClF4NO/c1-21-8-9-2-5-14(22-15(18,19)20)12(6-9)11-7-10(17)3-4-13(11)16/h2-7,21H,8H2,1H3. The fourth-order valence-corrected chi connectivity index (χ4v) is 2.24. The average molecular weight is 334 g/mol. The Morgan fingerprint density at radius 1 is 1.09 bits per heavy atom. The summed E-state index contributed by atoms with van der Waals surface area (Å²) in [4.78, 5) is 0. The molecule has 0 aliphatic heterocycles. The summed E-state index contributed by atoms with van der Waals surface area (Å²) in [7, 11) is 1.70. The lowest BCUT2D eigenvalue weighted by molar-refractivity contribution is -0.274. The van der Waals surface area contributed by atoms with Gasteiger partial charge in [-0.3, -0.25) is 0 Å². The van der Waals surface area contributed by atoms with Crippen LogP contribution in [0.5, 0.6) is 5.75 Å². The second kappa shape index (κ2) is 6.54. The third kappa shape index (κ3) is 4.11. The highest BCUT2D eigenvalue weighted by Gasteiger charge is 2.32. The van der Waals surface area contributed by atoms with Crippen LogP contribution in [0, 0.1) is 5.82 Å². The summed E-state index contributed by atoms with van der Waals surface area (Å²) in [6.45, 7) is 0.437. The van der Waals surface area contributed by atoms with Gasteiger partial charge in [-0.2, -0.15) is 0 Å². The molecule has 0 radical (unpaired) electrons. The molecule has 2 rings (SSSR count). The van der Waals surface area contributed by atoms with Crippen LogP contribution in [0.25, 0.3) is 11.1 Å². The second-order valence-corrected chi connectivity index (χ2v) is 4.94. The normalized spacial score (nSPS) is 11.5. The van der Waals surface area contributed by atoms with Gasteiger partial charge in [-0.05, 0) is 42.9 Å². The topological polar surface area (TPSA) is 21.3 Å². The molecule has 0 fully saturated rings. The fraction of sp³-hybridized carbons (Fsp3) is 0.200. The summed E-state index contributed by atoms with van der Waals surface area (Å²) in [5, 5.41) is 3.02. The summed E-state index contributed by atoms with van der Waals surface area (Å²) >= 11 is 5.98. The van der Waals surface area contributed by atoms with Crippen molar-refractivity contribution in [3.63, 3.8) is 0 Å². The number of benzene rings is 2. The van der Waals surface area contributed by atoms with E-state index >= 15 is 0 Å². The molecule has 0 spiro atoms. The molecule has 2 nitrogen and oxygen atoms in total. The maximum atomic E-state index is 13.4. The first kappa shape index (κ1) is 16.6. The Kier molecular flexibility index (Phi) is 4.93. The first-order valence-electron chi connectivity index (χ1n) is 6.29. The van der Waals surface area contributed by atoms with E-state index in [1.807, 2.05) is 0 Å². The Morgan fingerprint density at radius 3 is 2.45 bits per heavy atom. The van der Waals surface area contributed by atoms with Gasteiger partial charge < -0.3 is 10.1 Å². The highest BCUT2D eigenvalue weighted by molar-refractivity contribution is 6.33. The summed E-state index contributed by atoms with van der Waals surface area (Å²) in [6, 6.07) is 7.66. The minimum Gasteiger partial charge on any atom is -0.405 e. The van der Waals surface area contributed by atoms with Gasteiger partial charge in [0.25, 0.3) is 0 Å². The highest BCUT2D eigenvalue weighted by atomic mass is 35.5. The van der Waals surface area contributed by atoms with E-state index in [0.717, 1.165) is 12.1 Å². The SMILES string of the molecule is CNCc1ccc(OC(F)(F)F)c(-c2cc(F)ccc2Cl)c1. The third-order valence-electron chi connectivity index (χ3n) is 2.87. The van der Waals surface area contributed by atoms with Crippen molar-refractivity contribution in [2.45, 2.75) is 12.9 Å². The molecule has 0 unspecified atom stereocenters. The number of halogens is 5. The van der Waals surface area contributed by atoms with Gasteiger partial charge in [0.1, 0.15) is 11.6 Å². The molecule has 2 aromatic rings. The van der Waals surface area contributed by atoms with E-state index in [2.05, 4.69) is 10.1 Å². The minimum atomic E-state index is -4.85. The van der Waals surface area contributed by atoms with E-state index < -0.39 is 17.9 Å². The lowest BCUT2D eigenvalue weighted by Crippen LogP contribution is -2.18. The molecular formula is C15H12ClF4NO. The van der Waals surface area contributed by atoms with Gasteiger partial charge in [-0.1, -0.05) is 17.7 Å². The van der Waals surface area contributed by atoms with Gasteiger partial charge in [0.2, 0.25) is 0 Å². The van der Waals surface area contributed by atoms with Crippen molar-refractivity contribution in [1.29, 1.82) is 0 Å². The van der Waals surface area contributed by atoms with Gasteiger partial charge in [0.05, 0.1) is 0 Å². The molecule has 7 heteroatoms. The third-order valence-corrected chi connectivity index (χ3v) is 3.20. The van der Waals surface area contributed by atoms with Gasteiger partial charge >= 0.3 is 6.36 Å². The van der Waals surface area contributed by atoms with Crippen LogP contribution in [0.3, 0.4) is 0 Å². The lowest BCUT2D eigenvalue weighted by atomic mass is 10.0. The van der Waals surface area contributed by atoms with Crippen LogP contribution in [0.1, 0.15) is 5.56 Å². The van der Waals surface area contributed by atoms with Crippen molar-refractivity contribution in [3.05, 3.63) is 52.8 Å². The Morgan fingerprint density at radius 2 is 1.82 bits per heavy atom. The van der Waals surface area contributed by atoms with E-state index in [-0.39, 0.29) is 16.1 Å². The van der Waals surface area contributed by atoms with Gasteiger partial charge in [-0.25, -0.2) is 4.39 Å². The Balaban J connectivity index is 2.58. The van der Waals surface area contributed by atoms with Crippen LogP contribution in [-0.2, 0) is 6.54 Å². The molecule has 0 amide bonds. The Bertz CT molecular complexity index is 673. The number of nitrogens with one attached hydrogen (secondary N) is 1. The second-order valence-electron chi connectivity index (χ2n) is 4.53. The first-order valence-corrected chi connectivity index (χ1v) is 6.66. The summed E-state index contributed by atoms with van der Waals surface area (Å²) < 4.78 is 55.0. The van der Waals surface area contributed by atoms with E-state index in [0.29, 0.717) is 12.1 Å². The van der Waals surface area contributed by atoms with Crippen LogP contribution in [0.15, 0.2) is 36.4 Å². The fourth-order valence-electron chi connectivity index (χ4n) is 2.02. The molecule has 2 aromatic carbocycles. The van der Waals surface area contributed by atoms with Crippen LogP contribution < -0.4 is 10.1 Å². The number of hydrogen-bond donors (Lipinski definition) is 1. The highest BCUT2D eigenvalue weighted by Crippen LogP contribution is 2.38. The monoisotopic (exact) mass is 333 g/mol. The molecule has 0 bridgehead atoms. The van der Waals surface area contributed by atoms with Crippen LogP contribution in [0.4, 0.5) is 17.6 Å². The van der Waals surface area contributed by atoms with Crippen molar-refractivity contribution in [2.24, 2.45) is 0 Å². The molecule has 118 valence electrons. The molecule has 0 aliphatic carbocycles. The van der Waals surface area contributed by atoms with Crippen molar-refractivity contribution in [3.8, 4) is 16.9 Å². The zero-order chi connectivity index (χ0) is 16.3. The number of hydrogen-bond acceptors (Lipinski definition) is 2. The van der Waals surface area contributed by atoms with Gasteiger partial charge in [-0.15, -0.1) is 13.2 Å². The number of ether oxygens (including phenoxy) is 1. The summed E-state index contributed by atoms with van der Waals surface area (Å²) in [5.74, 6) is -1.03. The number of alkyl halides is 3. The van der Waals surface area contributed by atoms with E-state index in [1.54, 1.807) is 7.05 Å². The Hall–Kier alpha value is -1.79. The van der Waals surface area contributed by atoms with Crippen LogP contribution >= 0.6 is 11.6 Å². The van der Waals surface area contributed by atoms with Crippen molar-refractivity contribution >= 4 is 11.6 Å². The van der Waals surface area contributed by atoms with Gasteiger partial charge in [0, 0.05) is 22.7 Å². The maximum Gasteiger partial charge on any atom is 0.573 e. The molecule has 0 atom stereocenters. The largest absolute Gasteiger partial charge is 0.573 e. The van der Waals surface area contributed by atoms with Crippen molar-refractivity contribution in [2.75, 3.05) is 7.05 Å². The minimum absolute atomic E-state index is 0.0783. The predicted molar refractivity (Wildman–Crippen MR) is 76.3 cm³/mol. The zero-order valence-electron chi connectivity index (χ0n) is 11.5. The van der Waals surface area contributed by atoms with E-state index in [4.69, 9.17) is 11.6 Å². The molecular weight excluding hydrogens is 322 g/mol. The zero-order valence-corrected chi connectivity index (χ0v) is 12.2. The molecule has 0 aromatic heterocycles. The van der Waals surface area contributed by atoms with Crippen LogP contribution in [-0.4, -0.2) is 13.4 Å². The van der Waals surface area contributed by atoms with E-state index in [1.165, 1.54) is 24.3 Å². The maximum absolute atomic E-state index is 13.4. The first-order chi connectivity index (χ1) is 10.3. The summed E-state index contributed by atoms with van der Waals surface area (Å²) in [6.07, 6.45) is -4.85. The lowest BCUT2D eigenvalue weighted by Gasteiger charge is -2.15. The quantitative estimate of drug-likeness (QED) is 0.814. The Labute approximate surface area is 129 Å². The van der Waals surface area contributed by atoms with Crippen molar-refractivity contribution < 1.29 is 22.3 Å². The average Bonchev–Trinajstić information content (AvgIpc) is 2.42. The summed E-state index contributed by atoms with van der Waals surface area (Å²) in [5.41, 5.74) is 0.931. The molecule has 0 saturated heterocycles. The van der Waals surface area contributed by atoms with Gasteiger partial charge in [0.15, 0.2) is 0 Å².